The first-order chi connectivity index (χ1) is 26.1. The van der Waals surface area contributed by atoms with Gasteiger partial charge >= 0.3 is 6.09 Å². The molecule has 0 heterocycles. The minimum atomic E-state index is -3.78. The molecule has 0 saturated carbocycles. The zero-order valence-corrected chi connectivity index (χ0v) is 33.5. The normalized spacial score (nSPS) is 12.0. The lowest BCUT2D eigenvalue weighted by molar-refractivity contribution is -0.0277. The van der Waals surface area contributed by atoms with Crippen molar-refractivity contribution in [1.29, 1.82) is 0 Å². The maximum absolute atomic E-state index is 12.1. The molecule has 0 radical (unpaired) electrons. The molecule has 18 heteroatoms. The van der Waals surface area contributed by atoms with E-state index in [1.165, 1.54) is 12.1 Å². The van der Waals surface area contributed by atoms with E-state index in [0.29, 0.717) is 145 Å². The molecule has 17 nitrogen and oxygen atoms in total. The summed E-state index contributed by atoms with van der Waals surface area (Å²) in [6.45, 7) is 17.1. The summed E-state index contributed by atoms with van der Waals surface area (Å²) < 4.78 is 94.1. The number of rotatable bonds is 38. The van der Waals surface area contributed by atoms with Crippen LogP contribution in [0.2, 0.25) is 0 Å². The van der Waals surface area contributed by atoms with E-state index in [9.17, 15) is 13.2 Å². The fraction of sp³-hybridized carbons (Fsp3) is 0.806. The molecule has 0 aliphatic rings. The molecule has 1 N–H and O–H groups in total. The molecule has 316 valence electrons. The maximum Gasteiger partial charge on any atom is 0.407 e. The zero-order valence-electron chi connectivity index (χ0n) is 32.7. The van der Waals surface area contributed by atoms with Gasteiger partial charge in [-0.3, -0.25) is 4.18 Å². The Morgan fingerprint density at radius 2 is 0.759 bits per heavy atom. The summed E-state index contributed by atoms with van der Waals surface area (Å²) in [6.07, 6.45) is -0.459. The van der Waals surface area contributed by atoms with E-state index >= 15 is 0 Å². The summed E-state index contributed by atoms with van der Waals surface area (Å²) in [5, 5.41) is 2.63. The third kappa shape index (κ3) is 33.3. The predicted molar refractivity (Wildman–Crippen MR) is 198 cm³/mol. The van der Waals surface area contributed by atoms with Crippen molar-refractivity contribution >= 4 is 16.2 Å². The monoisotopic (exact) mass is 799 g/mol. The highest BCUT2D eigenvalue weighted by atomic mass is 32.2. The van der Waals surface area contributed by atoms with Crippen LogP contribution >= 0.6 is 0 Å². The molecule has 0 saturated heterocycles. The van der Waals surface area contributed by atoms with Crippen LogP contribution in [0.3, 0.4) is 0 Å². The molecule has 0 bridgehead atoms. The van der Waals surface area contributed by atoms with Crippen molar-refractivity contribution in [3.63, 3.8) is 0 Å². The molecule has 0 aliphatic heterocycles. The summed E-state index contributed by atoms with van der Waals surface area (Å²) in [5.74, 6) is 0. The fourth-order valence-electron chi connectivity index (χ4n) is 3.82. The molecule has 0 spiro atoms. The molecular formula is C36H65NO16S. The predicted octanol–water partition coefficient (Wildman–Crippen LogP) is 2.41. The Hall–Kier alpha value is -2.04. The van der Waals surface area contributed by atoms with Gasteiger partial charge in [0.15, 0.2) is 0 Å². The van der Waals surface area contributed by atoms with Crippen molar-refractivity contribution in [2.75, 3.05) is 159 Å². The first-order valence-electron chi connectivity index (χ1n) is 18.4. The van der Waals surface area contributed by atoms with Gasteiger partial charge in [0, 0.05) is 6.54 Å². The summed E-state index contributed by atoms with van der Waals surface area (Å²) >= 11 is 0. The summed E-state index contributed by atoms with van der Waals surface area (Å²) in [7, 11) is -3.78. The van der Waals surface area contributed by atoms with Crippen molar-refractivity contribution in [3.05, 3.63) is 29.8 Å². The summed E-state index contributed by atoms with van der Waals surface area (Å²) in [6, 6.07) is 6.47. The van der Waals surface area contributed by atoms with E-state index in [1.54, 1.807) is 12.1 Å². The first-order valence-corrected chi connectivity index (χ1v) is 19.8. The highest BCUT2D eigenvalue weighted by molar-refractivity contribution is 7.86. The fourth-order valence-corrected chi connectivity index (χ4v) is 4.71. The van der Waals surface area contributed by atoms with Crippen LogP contribution in [-0.2, 0) is 71.1 Å². The number of carbonyl (C=O) groups excluding carboxylic acids is 1. The van der Waals surface area contributed by atoms with Crippen LogP contribution < -0.4 is 5.32 Å². The maximum atomic E-state index is 12.1. The van der Waals surface area contributed by atoms with Gasteiger partial charge in [0.05, 0.1) is 157 Å². The average molecular weight is 800 g/mol. The highest BCUT2D eigenvalue weighted by Gasteiger charge is 2.16. The Morgan fingerprint density at radius 3 is 1.06 bits per heavy atom. The third-order valence-electron chi connectivity index (χ3n) is 6.41. The number of ether oxygens (including phenoxy) is 12. The van der Waals surface area contributed by atoms with Crippen LogP contribution in [0.4, 0.5) is 4.79 Å². The molecule has 0 aromatic heterocycles. The van der Waals surface area contributed by atoms with Gasteiger partial charge in [-0.05, 0) is 39.8 Å². The van der Waals surface area contributed by atoms with Crippen LogP contribution in [-0.4, -0.2) is 179 Å². The molecule has 0 aliphatic carbocycles. The molecular weight excluding hydrogens is 734 g/mol. The van der Waals surface area contributed by atoms with Gasteiger partial charge in [-0.1, -0.05) is 17.7 Å². The Bertz CT molecular complexity index is 1100. The lowest BCUT2D eigenvalue weighted by Gasteiger charge is -2.19. The van der Waals surface area contributed by atoms with Crippen molar-refractivity contribution in [2.24, 2.45) is 0 Å². The second-order valence-corrected chi connectivity index (χ2v) is 13.9. The summed E-state index contributed by atoms with van der Waals surface area (Å²) in [5.41, 5.74) is 0.452. The summed E-state index contributed by atoms with van der Waals surface area (Å²) in [4.78, 5) is 11.6. The first kappa shape index (κ1) is 50.0. The SMILES string of the molecule is Cc1ccc(S(=O)(=O)OCCOCCOCCOCCOCCOCCOCCOCCOCCOCCOCCOCCNC(=O)OC(C)(C)C)cc1. The number of alkyl carbamates (subject to hydrolysis) is 1. The van der Waals surface area contributed by atoms with Crippen LogP contribution in [0.1, 0.15) is 26.3 Å². The largest absolute Gasteiger partial charge is 0.444 e. The number of nitrogens with one attached hydrogen (secondary N) is 1. The second-order valence-electron chi connectivity index (χ2n) is 12.3. The van der Waals surface area contributed by atoms with Gasteiger partial charge in [0.25, 0.3) is 10.1 Å². The molecule has 54 heavy (non-hydrogen) atoms. The van der Waals surface area contributed by atoms with E-state index in [0.717, 1.165) is 5.56 Å². The average Bonchev–Trinajstić information content (AvgIpc) is 3.12. The number of hydrogen-bond acceptors (Lipinski definition) is 16. The van der Waals surface area contributed by atoms with Crippen molar-refractivity contribution in [3.8, 4) is 0 Å². The molecule has 1 aromatic rings. The topological polar surface area (TPSA) is 183 Å². The number of hydrogen-bond donors (Lipinski definition) is 1. The van der Waals surface area contributed by atoms with Gasteiger partial charge in [0.2, 0.25) is 0 Å². The van der Waals surface area contributed by atoms with Gasteiger partial charge in [-0.15, -0.1) is 0 Å². The van der Waals surface area contributed by atoms with Crippen LogP contribution in [0.25, 0.3) is 0 Å². The zero-order chi connectivity index (χ0) is 39.4. The number of aryl methyl sites for hydroxylation is 1. The molecule has 0 fully saturated rings. The number of amides is 1. The lowest BCUT2D eigenvalue weighted by Crippen LogP contribution is -2.34. The molecule has 1 aromatic carbocycles. The molecule has 1 amide bonds. The van der Waals surface area contributed by atoms with Crippen molar-refractivity contribution in [1.82, 2.24) is 5.32 Å². The van der Waals surface area contributed by atoms with Crippen LogP contribution in [0, 0.1) is 6.92 Å². The molecule has 0 atom stereocenters. The molecule has 1 rings (SSSR count). The standard InChI is InChI=1S/C36H65NO16S/c1-33-5-7-34(8-6-33)54(39,40)52-32-31-51-30-29-50-28-27-49-26-25-48-24-23-47-22-21-46-20-19-45-18-17-44-16-15-43-14-13-42-12-11-41-10-9-37-35(38)53-36(2,3)4/h5-8H,9-32H2,1-4H3,(H,37,38). The van der Waals surface area contributed by atoms with E-state index in [2.05, 4.69) is 5.32 Å². The van der Waals surface area contributed by atoms with Gasteiger partial charge in [-0.2, -0.15) is 8.42 Å². The minimum absolute atomic E-state index is 0.0652. The number of carbonyl (C=O) groups is 1. The molecule has 0 unspecified atom stereocenters. The Morgan fingerprint density at radius 1 is 0.481 bits per heavy atom. The van der Waals surface area contributed by atoms with Gasteiger partial charge in [-0.25, -0.2) is 4.79 Å². The van der Waals surface area contributed by atoms with Gasteiger partial charge < -0.3 is 62.2 Å². The van der Waals surface area contributed by atoms with Crippen LogP contribution in [0.5, 0.6) is 0 Å². The lowest BCUT2D eigenvalue weighted by atomic mass is 10.2. The quantitative estimate of drug-likeness (QED) is 0.0760. The minimum Gasteiger partial charge on any atom is -0.444 e. The van der Waals surface area contributed by atoms with Crippen LogP contribution in [0.15, 0.2) is 29.2 Å². The number of benzene rings is 1. The van der Waals surface area contributed by atoms with E-state index in [-0.39, 0.29) is 18.1 Å². The van der Waals surface area contributed by atoms with E-state index in [1.807, 2.05) is 27.7 Å². The van der Waals surface area contributed by atoms with Crippen molar-refractivity contribution < 1.29 is 74.2 Å². The third-order valence-corrected chi connectivity index (χ3v) is 7.74. The van der Waals surface area contributed by atoms with Crippen molar-refractivity contribution in [2.45, 2.75) is 38.2 Å². The highest BCUT2D eigenvalue weighted by Crippen LogP contribution is 2.13. The Balaban J connectivity index is 1.67. The van der Waals surface area contributed by atoms with Gasteiger partial charge in [0.1, 0.15) is 5.60 Å². The Labute approximate surface area is 321 Å². The smallest absolute Gasteiger partial charge is 0.407 e. The Kier molecular flexibility index (Phi) is 31.7. The van der Waals surface area contributed by atoms with E-state index in [4.69, 9.17) is 61.0 Å². The van der Waals surface area contributed by atoms with E-state index < -0.39 is 21.8 Å². The second kappa shape index (κ2) is 34.2.